The highest BCUT2D eigenvalue weighted by molar-refractivity contribution is 7.09. The van der Waals surface area contributed by atoms with E-state index in [2.05, 4.69) is 16.3 Å². The molecule has 1 aliphatic heterocycles. The first kappa shape index (κ1) is 16.3. The zero-order chi connectivity index (χ0) is 15.9. The van der Waals surface area contributed by atoms with Crippen molar-refractivity contribution in [1.82, 2.24) is 10.2 Å². The quantitative estimate of drug-likeness (QED) is 0.871. The molecule has 4 nitrogen and oxygen atoms in total. The zero-order valence-corrected chi connectivity index (χ0v) is 14.2. The van der Waals surface area contributed by atoms with Crippen LogP contribution < -0.4 is 5.32 Å². The molecule has 1 amide bonds. The minimum absolute atomic E-state index is 0.126. The smallest absolute Gasteiger partial charge is 0.221 e. The van der Waals surface area contributed by atoms with E-state index in [1.807, 2.05) is 23.6 Å². The van der Waals surface area contributed by atoms with Gasteiger partial charge in [0.2, 0.25) is 5.91 Å². The predicted octanol–water partition coefficient (Wildman–Crippen LogP) is 3.96. The maximum absolute atomic E-state index is 12.1. The molecule has 1 aliphatic rings. The second-order valence-electron chi connectivity index (χ2n) is 6.02. The van der Waals surface area contributed by atoms with Gasteiger partial charge < -0.3 is 9.73 Å². The van der Waals surface area contributed by atoms with Crippen molar-refractivity contribution in [1.29, 1.82) is 0 Å². The summed E-state index contributed by atoms with van der Waals surface area (Å²) >= 11 is 1.67. The number of hydrogen-bond donors (Lipinski definition) is 1. The summed E-state index contributed by atoms with van der Waals surface area (Å²) in [5.41, 5.74) is 0. The number of carbonyl (C=O) groups excluding carboxylic acids is 1. The second-order valence-corrected chi connectivity index (χ2v) is 7.05. The maximum Gasteiger partial charge on any atom is 0.221 e. The van der Waals surface area contributed by atoms with Gasteiger partial charge in [-0.2, -0.15) is 0 Å². The Morgan fingerprint density at radius 3 is 3.04 bits per heavy atom. The van der Waals surface area contributed by atoms with Crippen LogP contribution in [0.3, 0.4) is 0 Å². The van der Waals surface area contributed by atoms with Gasteiger partial charge in [0.1, 0.15) is 5.76 Å². The highest BCUT2D eigenvalue weighted by Crippen LogP contribution is 2.30. The lowest BCUT2D eigenvalue weighted by Crippen LogP contribution is -2.33. The fourth-order valence-corrected chi connectivity index (χ4v) is 3.82. The number of nitrogens with zero attached hydrogens (tertiary/aromatic N) is 1. The molecule has 3 rings (SSSR count). The van der Waals surface area contributed by atoms with Gasteiger partial charge in [-0.3, -0.25) is 9.69 Å². The number of nitrogens with one attached hydrogen (secondary N) is 1. The molecule has 1 unspecified atom stereocenters. The Morgan fingerprint density at radius 2 is 2.26 bits per heavy atom. The van der Waals surface area contributed by atoms with Crippen LogP contribution in [0.25, 0.3) is 0 Å². The number of carbonyl (C=O) groups is 1. The summed E-state index contributed by atoms with van der Waals surface area (Å²) in [4.78, 5) is 15.7. The maximum atomic E-state index is 12.1. The van der Waals surface area contributed by atoms with Crippen LogP contribution in [-0.4, -0.2) is 23.9 Å². The lowest BCUT2D eigenvalue weighted by molar-refractivity contribution is -0.121. The summed E-state index contributed by atoms with van der Waals surface area (Å²) in [5, 5.41) is 5.05. The number of amides is 1. The molecule has 2 aromatic heterocycles. The monoisotopic (exact) mass is 332 g/mol. The Bertz CT molecular complexity index is 580. The Kier molecular flexibility index (Phi) is 5.88. The van der Waals surface area contributed by atoms with E-state index in [0.717, 1.165) is 25.3 Å². The molecule has 0 spiro atoms. The molecule has 5 heteroatoms. The molecule has 2 aromatic rings. The van der Waals surface area contributed by atoms with Gasteiger partial charge in [-0.15, -0.1) is 11.3 Å². The molecule has 0 saturated carbocycles. The fraction of sp³-hybridized carbons (Fsp3) is 0.500. The molecule has 23 heavy (non-hydrogen) atoms. The first-order valence-corrected chi connectivity index (χ1v) is 9.27. The summed E-state index contributed by atoms with van der Waals surface area (Å²) in [6.07, 6.45) is 7.10. The summed E-state index contributed by atoms with van der Waals surface area (Å²) < 4.78 is 5.62. The van der Waals surface area contributed by atoms with E-state index in [0.29, 0.717) is 19.0 Å². The summed E-state index contributed by atoms with van der Waals surface area (Å²) in [5.74, 6) is 1.16. The zero-order valence-electron chi connectivity index (χ0n) is 13.4. The standard InChI is InChI=1S/C18H24N2O2S/c21-18(19-14-15-6-5-13-23-15)9-11-20-10-3-1-2-7-16(20)17-8-4-12-22-17/h4-6,8,12-13,16H,1-3,7,9-11,14H2,(H,19,21). The van der Waals surface area contributed by atoms with Crippen LogP contribution in [0.2, 0.25) is 0 Å². The lowest BCUT2D eigenvalue weighted by atomic mass is 10.1. The first-order valence-electron chi connectivity index (χ1n) is 8.39. The van der Waals surface area contributed by atoms with Crippen molar-refractivity contribution in [3.05, 3.63) is 46.5 Å². The molecular formula is C18H24N2O2S. The number of furan rings is 1. The Hall–Kier alpha value is -1.59. The Balaban J connectivity index is 1.51. The van der Waals surface area contributed by atoms with Crippen LogP contribution in [0, 0.1) is 0 Å². The second kappa shape index (κ2) is 8.31. The van der Waals surface area contributed by atoms with E-state index in [4.69, 9.17) is 4.42 Å². The van der Waals surface area contributed by atoms with Gasteiger partial charge in [0.15, 0.2) is 0 Å². The third kappa shape index (κ3) is 4.69. The van der Waals surface area contributed by atoms with Crippen molar-refractivity contribution in [3.8, 4) is 0 Å². The third-order valence-electron chi connectivity index (χ3n) is 4.40. The van der Waals surface area contributed by atoms with Gasteiger partial charge >= 0.3 is 0 Å². The van der Waals surface area contributed by atoms with E-state index < -0.39 is 0 Å². The topological polar surface area (TPSA) is 45.5 Å². The van der Waals surface area contributed by atoms with Crippen LogP contribution in [0.4, 0.5) is 0 Å². The van der Waals surface area contributed by atoms with E-state index >= 15 is 0 Å². The summed E-state index contributed by atoms with van der Waals surface area (Å²) in [6.45, 7) is 2.48. The van der Waals surface area contributed by atoms with E-state index in [9.17, 15) is 4.79 Å². The normalized spacial score (nSPS) is 19.4. The summed E-state index contributed by atoms with van der Waals surface area (Å²) in [7, 11) is 0. The molecule has 0 bridgehead atoms. The molecule has 1 atom stereocenters. The molecule has 1 N–H and O–H groups in total. The number of hydrogen-bond acceptors (Lipinski definition) is 4. The van der Waals surface area contributed by atoms with Crippen molar-refractivity contribution >= 4 is 17.2 Å². The minimum Gasteiger partial charge on any atom is -0.468 e. The molecule has 0 aromatic carbocycles. The molecular weight excluding hydrogens is 308 g/mol. The van der Waals surface area contributed by atoms with Gasteiger partial charge in [0.05, 0.1) is 18.8 Å². The molecule has 0 aliphatic carbocycles. The highest BCUT2D eigenvalue weighted by Gasteiger charge is 2.24. The SMILES string of the molecule is O=C(CCN1CCCCCC1c1ccco1)NCc1cccs1. The lowest BCUT2D eigenvalue weighted by Gasteiger charge is -2.28. The van der Waals surface area contributed by atoms with E-state index in [-0.39, 0.29) is 5.91 Å². The van der Waals surface area contributed by atoms with E-state index in [1.54, 1.807) is 17.6 Å². The molecule has 124 valence electrons. The van der Waals surface area contributed by atoms with Gasteiger partial charge in [-0.1, -0.05) is 18.9 Å². The van der Waals surface area contributed by atoms with Crippen LogP contribution in [0.1, 0.15) is 48.8 Å². The molecule has 1 saturated heterocycles. The number of rotatable bonds is 6. The Labute approximate surface area is 141 Å². The van der Waals surface area contributed by atoms with Crippen LogP contribution >= 0.6 is 11.3 Å². The first-order chi connectivity index (χ1) is 11.3. The van der Waals surface area contributed by atoms with Crippen molar-refractivity contribution < 1.29 is 9.21 Å². The average molecular weight is 332 g/mol. The van der Waals surface area contributed by atoms with Crippen molar-refractivity contribution in [2.45, 2.75) is 44.7 Å². The van der Waals surface area contributed by atoms with Crippen LogP contribution in [-0.2, 0) is 11.3 Å². The molecule has 1 fully saturated rings. The minimum atomic E-state index is 0.126. The number of thiophene rings is 1. The van der Waals surface area contributed by atoms with Gasteiger partial charge in [0, 0.05) is 17.8 Å². The van der Waals surface area contributed by atoms with Crippen molar-refractivity contribution in [2.24, 2.45) is 0 Å². The number of likely N-dealkylation sites (tertiary alicyclic amines) is 1. The Morgan fingerprint density at radius 1 is 1.30 bits per heavy atom. The van der Waals surface area contributed by atoms with Crippen molar-refractivity contribution in [2.75, 3.05) is 13.1 Å². The highest BCUT2D eigenvalue weighted by atomic mass is 32.1. The third-order valence-corrected chi connectivity index (χ3v) is 5.28. The van der Waals surface area contributed by atoms with Crippen LogP contribution in [0.5, 0.6) is 0 Å². The van der Waals surface area contributed by atoms with E-state index in [1.165, 1.54) is 24.1 Å². The van der Waals surface area contributed by atoms with Crippen LogP contribution in [0.15, 0.2) is 40.3 Å². The largest absolute Gasteiger partial charge is 0.468 e. The molecule has 3 heterocycles. The summed E-state index contributed by atoms with van der Waals surface area (Å²) in [6, 6.07) is 8.38. The fourth-order valence-electron chi connectivity index (χ4n) is 3.17. The van der Waals surface area contributed by atoms with Gasteiger partial charge in [0.25, 0.3) is 0 Å². The van der Waals surface area contributed by atoms with Crippen molar-refractivity contribution in [3.63, 3.8) is 0 Å². The predicted molar refractivity (Wildman–Crippen MR) is 92.3 cm³/mol. The molecule has 0 radical (unpaired) electrons. The average Bonchev–Trinajstić information content (AvgIpc) is 3.22. The van der Waals surface area contributed by atoms with Gasteiger partial charge in [-0.05, 0) is 43.0 Å². The van der Waals surface area contributed by atoms with Gasteiger partial charge in [-0.25, -0.2) is 0 Å².